The van der Waals surface area contributed by atoms with Crippen LogP contribution in [-0.4, -0.2) is 24.7 Å². The average Bonchev–Trinajstić information content (AvgIpc) is 2.22. The van der Waals surface area contributed by atoms with Gasteiger partial charge in [-0.15, -0.1) is 0 Å². The summed E-state index contributed by atoms with van der Waals surface area (Å²) in [5.41, 5.74) is -0.00510. The van der Waals surface area contributed by atoms with Crippen molar-refractivity contribution in [3.05, 3.63) is 0 Å². The fourth-order valence-corrected chi connectivity index (χ4v) is 3.10. The standard InChI is InChI=1S/C13H20N2O2/c1-10-11(15-9-17)5-13(4,7-14-8-16)6-12(10,2)3/h10-11H,5-7H2,1-4H3. The molecule has 0 aromatic heterocycles. The molecule has 3 atom stereocenters. The lowest BCUT2D eigenvalue weighted by Crippen LogP contribution is -2.45. The first-order valence-corrected chi connectivity index (χ1v) is 5.95. The van der Waals surface area contributed by atoms with E-state index < -0.39 is 0 Å². The van der Waals surface area contributed by atoms with E-state index in [4.69, 9.17) is 0 Å². The number of aliphatic imine (C=N–C) groups is 2. The van der Waals surface area contributed by atoms with Gasteiger partial charge in [0.2, 0.25) is 12.2 Å². The first-order chi connectivity index (χ1) is 7.84. The summed E-state index contributed by atoms with van der Waals surface area (Å²) in [7, 11) is 0. The molecule has 0 radical (unpaired) electrons. The SMILES string of the molecule is CC1C(N=C=O)CC(C)(CN=C=O)CC1(C)C. The molecule has 1 aliphatic carbocycles. The Kier molecular flexibility index (Phi) is 4.03. The minimum absolute atomic E-state index is 0.0249. The van der Waals surface area contributed by atoms with Crippen molar-refractivity contribution >= 4 is 12.2 Å². The number of rotatable bonds is 3. The molecule has 0 aromatic carbocycles. The Morgan fingerprint density at radius 3 is 2.41 bits per heavy atom. The lowest BCUT2D eigenvalue weighted by Gasteiger charge is -2.48. The second-order valence-corrected chi connectivity index (χ2v) is 6.16. The summed E-state index contributed by atoms with van der Waals surface area (Å²) in [5, 5.41) is 0. The Labute approximate surface area is 102 Å². The molecule has 4 nitrogen and oxygen atoms in total. The summed E-state index contributed by atoms with van der Waals surface area (Å²) in [5.74, 6) is 0.331. The zero-order valence-electron chi connectivity index (χ0n) is 11.0. The van der Waals surface area contributed by atoms with Gasteiger partial charge in [0.1, 0.15) is 0 Å². The minimum atomic E-state index is -0.0849. The normalized spacial score (nSPS) is 35.5. The van der Waals surface area contributed by atoms with Crippen LogP contribution in [-0.2, 0) is 9.59 Å². The third-order valence-corrected chi connectivity index (χ3v) is 4.14. The molecule has 0 amide bonds. The van der Waals surface area contributed by atoms with E-state index in [0.717, 1.165) is 12.8 Å². The maximum atomic E-state index is 10.5. The first kappa shape index (κ1) is 13.8. The van der Waals surface area contributed by atoms with E-state index >= 15 is 0 Å². The summed E-state index contributed by atoms with van der Waals surface area (Å²) in [6.45, 7) is 9.01. The lowest BCUT2D eigenvalue weighted by molar-refractivity contribution is 0.0361. The molecule has 1 saturated carbocycles. The van der Waals surface area contributed by atoms with Gasteiger partial charge < -0.3 is 0 Å². The maximum absolute atomic E-state index is 10.5. The Balaban J connectivity index is 2.98. The van der Waals surface area contributed by atoms with E-state index in [2.05, 4.69) is 37.7 Å². The van der Waals surface area contributed by atoms with Crippen LogP contribution in [0.4, 0.5) is 0 Å². The molecule has 1 rings (SSSR count). The van der Waals surface area contributed by atoms with E-state index in [0.29, 0.717) is 12.5 Å². The Hall–Kier alpha value is -1.24. The van der Waals surface area contributed by atoms with Crippen LogP contribution in [0, 0.1) is 16.7 Å². The highest BCUT2D eigenvalue weighted by Crippen LogP contribution is 2.50. The van der Waals surface area contributed by atoms with Gasteiger partial charge in [-0.2, -0.15) is 0 Å². The van der Waals surface area contributed by atoms with Crippen LogP contribution in [0.25, 0.3) is 0 Å². The number of carbonyl (C=O) groups excluding carboxylic acids is 2. The van der Waals surface area contributed by atoms with Gasteiger partial charge in [-0.1, -0.05) is 27.7 Å². The quantitative estimate of drug-likeness (QED) is 0.558. The first-order valence-electron chi connectivity index (χ1n) is 5.95. The van der Waals surface area contributed by atoms with Gasteiger partial charge in [0.25, 0.3) is 0 Å². The van der Waals surface area contributed by atoms with E-state index in [1.807, 2.05) is 0 Å². The number of isocyanates is 2. The Bertz CT molecular complexity index is 379. The third kappa shape index (κ3) is 3.12. The zero-order valence-corrected chi connectivity index (χ0v) is 11.0. The molecule has 0 heterocycles. The average molecular weight is 236 g/mol. The van der Waals surface area contributed by atoms with Crippen LogP contribution >= 0.6 is 0 Å². The molecule has 0 aromatic rings. The van der Waals surface area contributed by atoms with Crippen molar-refractivity contribution in [2.24, 2.45) is 26.7 Å². The second kappa shape index (κ2) is 4.95. The molecular formula is C13H20N2O2. The molecule has 3 unspecified atom stereocenters. The van der Waals surface area contributed by atoms with E-state index in [1.54, 1.807) is 12.2 Å². The van der Waals surface area contributed by atoms with Gasteiger partial charge in [-0.3, -0.25) is 0 Å². The van der Waals surface area contributed by atoms with Crippen molar-refractivity contribution in [3.8, 4) is 0 Å². The van der Waals surface area contributed by atoms with Crippen LogP contribution < -0.4 is 0 Å². The molecule has 0 spiro atoms. The second-order valence-electron chi connectivity index (χ2n) is 6.16. The predicted octanol–water partition coefficient (Wildman–Crippen LogP) is 2.49. The Morgan fingerprint density at radius 2 is 1.88 bits per heavy atom. The summed E-state index contributed by atoms with van der Waals surface area (Å²) in [6.07, 6.45) is 5.00. The molecule has 17 heavy (non-hydrogen) atoms. The summed E-state index contributed by atoms with van der Waals surface area (Å²) in [4.78, 5) is 28.3. The number of hydrogen-bond donors (Lipinski definition) is 0. The van der Waals surface area contributed by atoms with Crippen LogP contribution in [0.2, 0.25) is 0 Å². The van der Waals surface area contributed by atoms with Gasteiger partial charge in [0.15, 0.2) is 0 Å². The summed E-state index contributed by atoms with van der Waals surface area (Å²) >= 11 is 0. The highest BCUT2D eigenvalue weighted by molar-refractivity contribution is 5.34. The van der Waals surface area contributed by atoms with Crippen LogP contribution in [0.3, 0.4) is 0 Å². The van der Waals surface area contributed by atoms with Crippen molar-refractivity contribution in [3.63, 3.8) is 0 Å². The van der Waals surface area contributed by atoms with Gasteiger partial charge >= 0.3 is 0 Å². The number of nitrogens with zero attached hydrogens (tertiary/aromatic N) is 2. The van der Waals surface area contributed by atoms with Crippen molar-refractivity contribution in [2.75, 3.05) is 6.54 Å². The largest absolute Gasteiger partial charge is 0.235 e. The minimum Gasteiger partial charge on any atom is -0.211 e. The van der Waals surface area contributed by atoms with Gasteiger partial charge in [0, 0.05) is 0 Å². The maximum Gasteiger partial charge on any atom is 0.235 e. The molecule has 94 valence electrons. The van der Waals surface area contributed by atoms with Gasteiger partial charge in [0.05, 0.1) is 12.6 Å². The fraction of sp³-hybridized carbons (Fsp3) is 0.846. The van der Waals surface area contributed by atoms with Crippen molar-refractivity contribution in [1.82, 2.24) is 0 Å². The Morgan fingerprint density at radius 1 is 1.24 bits per heavy atom. The van der Waals surface area contributed by atoms with Crippen molar-refractivity contribution in [1.29, 1.82) is 0 Å². The molecule has 1 fully saturated rings. The molecule has 0 aliphatic heterocycles. The van der Waals surface area contributed by atoms with Crippen molar-refractivity contribution in [2.45, 2.75) is 46.6 Å². The van der Waals surface area contributed by atoms with E-state index in [9.17, 15) is 9.59 Å². The highest BCUT2D eigenvalue weighted by Gasteiger charge is 2.46. The monoisotopic (exact) mass is 236 g/mol. The van der Waals surface area contributed by atoms with Crippen LogP contribution in [0.1, 0.15) is 40.5 Å². The molecule has 4 heteroatoms. The predicted molar refractivity (Wildman–Crippen MR) is 65.2 cm³/mol. The van der Waals surface area contributed by atoms with Gasteiger partial charge in [-0.25, -0.2) is 19.6 Å². The molecule has 0 N–H and O–H groups in total. The summed E-state index contributed by atoms with van der Waals surface area (Å²) in [6, 6.07) is -0.0249. The number of hydrogen-bond acceptors (Lipinski definition) is 4. The van der Waals surface area contributed by atoms with E-state index in [1.165, 1.54) is 0 Å². The topological polar surface area (TPSA) is 58.9 Å². The van der Waals surface area contributed by atoms with Crippen molar-refractivity contribution < 1.29 is 9.59 Å². The third-order valence-electron chi connectivity index (χ3n) is 4.14. The smallest absolute Gasteiger partial charge is 0.211 e. The van der Waals surface area contributed by atoms with Crippen LogP contribution in [0.5, 0.6) is 0 Å². The lowest BCUT2D eigenvalue weighted by atomic mass is 9.58. The van der Waals surface area contributed by atoms with Gasteiger partial charge in [-0.05, 0) is 29.6 Å². The molecule has 0 saturated heterocycles. The molecular weight excluding hydrogens is 216 g/mol. The fourth-order valence-electron chi connectivity index (χ4n) is 3.10. The zero-order chi connectivity index (χ0) is 13.1. The van der Waals surface area contributed by atoms with E-state index in [-0.39, 0.29) is 16.9 Å². The molecule has 1 aliphatic rings. The van der Waals surface area contributed by atoms with Crippen LogP contribution in [0.15, 0.2) is 9.98 Å². The highest BCUT2D eigenvalue weighted by atomic mass is 16.1. The summed E-state index contributed by atoms with van der Waals surface area (Å²) < 4.78 is 0. The molecule has 0 bridgehead atoms.